The molecule has 16 heavy (non-hydrogen) atoms. The number of fused-ring (bicyclic) bond motifs is 1. The van der Waals surface area contributed by atoms with Gasteiger partial charge in [0.2, 0.25) is 0 Å². The second-order valence-corrected chi connectivity index (χ2v) is 4.72. The zero-order valence-electron chi connectivity index (χ0n) is 8.29. The Kier molecular flexibility index (Phi) is 2.86. The molecule has 1 aromatic heterocycles. The number of aromatic carboxylic acids is 1. The van der Waals surface area contributed by atoms with Gasteiger partial charge in [0.1, 0.15) is 0 Å². The zero-order chi connectivity index (χ0) is 11.9. The lowest BCUT2D eigenvalue weighted by Crippen LogP contribution is -2.00. The summed E-state index contributed by atoms with van der Waals surface area (Å²) in [5.41, 5.74) is 1.36. The Morgan fingerprint density at radius 3 is 2.75 bits per heavy atom. The first-order valence-electron chi connectivity index (χ1n) is 4.48. The van der Waals surface area contributed by atoms with E-state index in [2.05, 4.69) is 20.9 Å². The number of aromatic nitrogens is 1. The lowest BCUT2D eigenvalue weighted by molar-refractivity contribution is 0.0699. The van der Waals surface area contributed by atoms with Gasteiger partial charge in [0.15, 0.2) is 0 Å². The van der Waals surface area contributed by atoms with Crippen LogP contribution in [0.4, 0.5) is 0 Å². The normalized spacial score (nSPS) is 10.7. The summed E-state index contributed by atoms with van der Waals surface area (Å²) in [5.74, 6) is -0.982. The molecule has 0 bridgehead atoms. The van der Waals surface area contributed by atoms with Crippen molar-refractivity contribution in [2.45, 2.75) is 6.92 Å². The molecule has 5 heteroatoms. The van der Waals surface area contributed by atoms with Crippen molar-refractivity contribution in [3.05, 3.63) is 39.0 Å². The first-order valence-corrected chi connectivity index (χ1v) is 5.66. The number of rotatable bonds is 1. The van der Waals surface area contributed by atoms with Crippen molar-refractivity contribution in [1.82, 2.24) is 4.98 Å². The summed E-state index contributed by atoms with van der Waals surface area (Å²) >= 11 is 9.31. The maximum atomic E-state index is 11.1. The van der Waals surface area contributed by atoms with Crippen LogP contribution in [0.3, 0.4) is 0 Å². The summed E-state index contributed by atoms with van der Waals surface area (Å²) in [5, 5.41) is 10.1. The second-order valence-electron chi connectivity index (χ2n) is 3.40. The van der Waals surface area contributed by atoms with Gasteiger partial charge in [-0.15, -0.1) is 0 Å². The molecule has 2 rings (SSSR count). The Hall–Kier alpha value is -1.13. The molecule has 1 aromatic carbocycles. The molecule has 0 amide bonds. The monoisotopic (exact) mass is 299 g/mol. The summed E-state index contributed by atoms with van der Waals surface area (Å²) in [6, 6.07) is 4.94. The number of pyridine rings is 1. The van der Waals surface area contributed by atoms with Crippen molar-refractivity contribution in [3.63, 3.8) is 0 Å². The topological polar surface area (TPSA) is 50.2 Å². The minimum absolute atomic E-state index is 0.214. The van der Waals surface area contributed by atoms with Crippen molar-refractivity contribution in [2.75, 3.05) is 0 Å². The molecule has 82 valence electrons. The highest BCUT2D eigenvalue weighted by Crippen LogP contribution is 2.29. The smallest absolute Gasteiger partial charge is 0.336 e. The van der Waals surface area contributed by atoms with Crippen molar-refractivity contribution >= 4 is 44.4 Å². The van der Waals surface area contributed by atoms with Gasteiger partial charge in [0.25, 0.3) is 0 Å². The van der Waals surface area contributed by atoms with Crippen LogP contribution in [0.2, 0.25) is 5.02 Å². The van der Waals surface area contributed by atoms with Gasteiger partial charge in [-0.1, -0.05) is 27.5 Å². The van der Waals surface area contributed by atoms with Crippen LogP contribution < -0.4 is 0 Å². The van der Waals surface area contributed by atoms with Gasteiger partial charge in [-0.3, -0.25) is 4.98 Å². The molecule has 1 N–H and O–H groups in total. The summed E-state index contributed by atoms with van der Waals surface area (Å²) < 4.78 is 0.734. The van der Waals surface area contributed by atoms with Crippen LogP contribution >= 0.6 is 27.5 Å². The Balaban J connectivity index is 2.95. The highest BCUT2D eigenvalue weighted by Gasteiger charge is 2.13. The van der Waals surface area contributed by atoms with Gasteiger partial charge in [-0.2, -0.15) is 0 Å². The highest BCUT2D eigenvalue weighted by atomic mass is 79.9. The number of nitrogens with zero attached hydrogens (tertiary/aromatic N) is 1. The fourth-order valence-corrected chi connectivity index (χ4v) is 2.41. The van der Waals surface area contributed by atoms with Crippen LogP contribution in [0.1, 0.15) is 16.1 Å². The molecule has 3 nitrogen and oxygen atoms in total. The van der Waals surface area contributed by atoms with E-state index in [0.717, 1.165) is 4.47 Å². The molecule has 0 fully saturated rings. The second kappa shape index (κ2) is 4.03. The number of aryl methyl sites for hydroxylation is 1. The molecule has 0 aliphatic carbocycles. The predicted molar refractivity (Wildman–Crippen MR) is 66.1 cm³/mol. The van der Waals surface area contributed by atoms with Crippen molar-refractivity contribution < 1.29 is 9.90 Å². The van der Waals surface area contributed by atoms with Crippen LogP contribution in [0.5, 0.6) is 0 Å². The average molecular weight is 301 g/mol. The first kappa shape index (κ1) is 11.4. The number of carboxylic acids is 1. The molecule has 0 radical (unpaired) electrons. The van der Waals surface area contributed by atoms with E-state index in [1.54, 1.807) is 19.1 Å². The molecule has 0 saturated heterocycles. The average Bonchev–Trinajstić information content (AvgIpc) is 2.18. The number of hydrogen-bond donors (Lipinski definition) is 1. The van der Waals surface area contributed by atoms with Gasteiger partial charge in [-0.05, 0) is 25.1 Å². The van der Waals surface area contributed by atoms with Gasteiger partial charge in [-0.25, -0.2) is 4.79 Å². The van der Waals surface area contributed by atoms with Gasteiger partial charge in [0.05, 0.1) is 16.1 Å². The van der Waals surface area contributed by atoms with Crippen LogP contribution in [0, 0.1) is 6.92 Å². The maximum Gasteiger partial charge on any atom is 0.336 e. The molecular formula is C11H7BrClNO2. The number of carboxylic acid groups (broad SMARTS) is 1. The van der Waals surface area contributed by atoms with E-state index in [9.17, 15) is 4.79 Å². The van der Waals surface area contributed by atoms with Gasteiger partial charge >= 0.3 is 5.97 Å². The molecule has 2 aromatic rings. The van der Waals surface area contributed by atoms with E-state index >= 15 is 0 Å². The standard InChI is InChI=1S/C11H7BrClNO2/c1-5-2-8(11(15)16)7-3-6(12)4-9(13)10(7)14-5/h2-4H,1H3,(H,15,16). The highest BCUT2D eigenvalue weighted by molar-refractivity contribution is 9.10. The van der Waals surface area contributed by atoms with Crippen LogP contribution in [0.15, 0.2) is 22.7 Å². The lowest BCUT2D eigenvalue weighted by atomic mass is 10.1. The summed E-state index contributed by atoms with van der Waals surface area (Å²) in [6.07, 6.45) is 0. The van der Waals surface area contributed by atoms with Gasteiger partial charge in [0, 0.05) is 15.6 Å². The summed E-state index contributed by atoms with van der Waals surface area (Å²) in [4.78, 5) is 15.3. The van der Waals surface area contributed by atoms with Crippen LogP contribution in [0.25, 0.3) is 10.9 Å². The molecular weight excluding hydrogens is 293 g/mol. The molecule has 0 aliphatic heterocycles. The minimum Gasteiger partial charge on any atom is -0.478 e. The van der Waals surface area contributed by atoms with E-state index in [1.807, 2.05) is 0 Å². The van der Waals surface area contributed by atoms with E-state index in [4.69, 9.17) is 16.7 Å². The van der Waals surface area contributed by atoms with E-state index in [0.29, 0.717) is 21.6 Å². The Labute approximate surface area is 105 Å². The molecule has 0 aliphatic rings. The largest absolute Gasteiger partial charge is 0.478 e. The summed E-state index contributed by atoms with van der Waals surface area (Å²) in [7, 11) is 0. The Morgan fingerprint density at radius 1 is 1.44 bits per heavy atom. The molecule has 1 heterocycles. The van der Waals surface area contributed by atoms with Crippen molar-refractivity contribution in [2.24, 2.45) is 0 Å². The zero-order valence-corrected chi connectivity index (χ0v) is 10.6. The SMILES string of the molecule is Cc1cc(C(=O)O)c2cc(Br)cc(Cl)c2n1. The number of hydrogen-bond acceptors (Lipinski definition) is 2. The number of carbonyl (C=O) groups is 1. The summed E-state index contributed by atoms with van der Waals surface area (Å²) in [6.45, 7) is 1.74. The third-order valence-corrected chi connectivity index (χ3v) is 2.94. The van der Waals surface area contributed by atoms with Crippen LogP contribution in [-0.2, 0) is 0 Å². The van der Waals surface area contributed by atoms with E-state index in [-0.39, 0.29) is 5.56 Å². The fraction of sp³-hybridized carbons (Fsp3) is 0.0909. The molecule has 0 atom stereocenters. The third kappa shape index (κ3) is 1.90. The molecule has 0 spiro atoms. The third-order valence-electron chi connectivity index (χ3n) is 2.19. The van der Waals surface area contributed by atoms with E-state index < -0.39 is 5.97 Å². The van der Waals surface area contributed by atoms with Gasteiger partial charge < -0.3 is 5.11 Å². The minimum atomic E-state index is -0.982. The quantitative estimate of drug-likeness (QED) is 0.874. The molecule has 0 unspecified atom stereocenters. The first-order chi connectivity index (χ1) is 7.49. The lowest BCUT2D eigenvalue weighted by Gasteiger charge is -2.06. The van der Waals surface area contributed by atoms with Crippen molar-refractivity contribution in [1.29, 1.82) is 0 Å². The number of benzene rings is 1. The fourth-order valence-electron chi connectivity index (χ4n) is 1.56. The van der Waals surface area contributed by atoms with Crippen molar-refractivity contribution in [3.8, 4) is 0 Å². The predicted octanol–water partition coefficient (Wildman–Crippen LogP) is 3.66. The number of halogens is 2. The Morgan fingerprint density at radius 2 is 2.12 bits per heavy atom. The van der Waals surface area contributed by atoms with E-state index in [1.165, 1.54) is 6.07 Å². The maximum absolute atomic E-state index is 11.1. The molecule has 0 saturated carbocycles. The van der Waals surface area contributed by atoms with Crippen LogP contribution in [-0.4, -0.2) is 16.1 Å². The Bertz CT molecular complexity index is 598.